The van der Waals surface area contributed by atoms with Crippen LogP contribution in [0.15, 0.2) is 54.6 Å². The summed E-state index contributed by atoms with van der Waals surface area (Å²) in [5.41, 5.74) is 3.35. The maximum Gasteiger partial charge on any atom is 0.157 e. The third kappa shape index (κ3) is 4.58. The minimum absolute atomic E-state index is 0.0137. The predicted octanol–water partition coefficient (Wildman–Crippen LogP) is 3.66. The van der Waals surface area contributed by atoms with Gasteiger partial charge in [-0.25, -0.2) is 8.78 Å². The van der Waals surface area contributed by atoms with E-state index in [9.17, 15) is 13.6 Å². The fourth-order valence-electron chi connectivity index (χ4n) is 1.97. The normalized spacial score (nSPS) is 12.5. The molecule has 0 aromatic heterocycles. The molecule has 1 unspecified atom stereocenters. The van der Waals surface area contributed by atoms with E-state index in [0.717, 1.165) is 0 Å². The number of hydrogen-bond acceptors (Lipinski definition) is 3. The molecule has 22 heavy (non-hydrogen) atoms. The highest BCUT2D eigenvalue weighted by molar-refractivity contribution is 5.94. The average molecular weight is 303 g/mol. The van der Waals surface area contributed by atoms with Gasteiger partial charge < -0.3 is 5.21 Å². The summed E-state index contributed by atoms with van der Waals surface area (Å²) in [7, 11) is 0. The van der Waals surface area contributed by atoms with E-state index in [-0.39, 0.29) is 23.8 Å². The van der Waals surface area contributed by atoms with E-state index >= 15 is 0 Å². The molecule has 0 aliphatic carbocycles. The van der Waals surface area contributed by atoms with Crippen molar-refractivity contribution < 1.29 is 18.8 Å². The van der Waals surface area contributed by atoms with Crippen molar-refractivity contribution >= 4 is 11.9 Å². The summed E-state index contributed by atoms with van der Waals surface area (Å²) < 4.78 is 25.6. The third-order valence-electron chi connectivity index (χ3n) is 3.17. The van der Waals surface area contributed by atoms with Crippen LogP contribution in [0.1, 0.15) is 23.6 Å². The van der Waals surface area contributed by atoms with Gasteiger partial charge in [0, 0.05) is 6.42 Å². The predicted molar refractivity (Wildman–Crippen MR) is 79.1 cm³/mol. The van der Waals surface area contributed by atoms with Gasteiger partial charge in [0.15, 0.2) is 5.78 Å². The highest BCUT2D eigenvalue weighted by Crippen LogP contribution is 2.17. The van der Waals surface area contributed by atoms with Crippen LogP contribution in [-0.2, 0) is 4.79 Å². The van der Waals surface area contributed by atoms with Gasteiger partial charge in [-0.05, 0) is 41.5 Å². The Labute approximate surface area is 126 Å². The molecule has 0 aliphatic heterocycles. The van der Waals surface area contributed by atoms with Gasteiger partial charge in [-0.3, -0.25) is 4.79 Å². The molecule has 0 spiro atoms. The number of carbonyl (C=O) groups is 1. The summed E-state index contributed by atoms with van der Waals surface area (Å²) in [6.07, 6.45) is 2.95. The topological polar surface area (TPSA) is 49.3 Å². The van der Waals surface area contributed by atoms with Gasteiger partial charge in [0.05, 0.1) is 6.04 Å². The zero-order chi connectivity index (χ0) is 15.9. The van der Waals surface area contributed by atoms with Crippen molar-refractivity contribution in [2.45, 2.75) is 12.5 Å². The van der Waals surface area contributed by atoms with Crippen LogP contribution < -0.4 is 5.48 Å². The van der Waals surface area contributed by atoms with Crippen molar-refractivity contribution in [1.82, 2.24) is 5.48 Å². The van der Waals surface area contributed by atoms with Gasteiger partial charge >= 0.3 is 0 Å². The second kappa shape index (κ2) is 7.59. The molecule has 0 heterocycles. The van der Waals surface area contributed by atoms with Gasteiger partial charge in [-0.1, -0.05) is 30.3 Å². The molecule has 0 bridgehead atoms. The number of nitrogens with one attached hydrogen (secondary N) is 1. The number of halogens is 2. The third-order valence-corrected chi connectivity index (χ3v) is 3.17. The standard InChI is InChI=1S/C17H15F2NO2/c18-14-6-1-12(2-7-14)3-10-16(21)11-17(20-22)13-4-8-15(19)9-5-13/h1-10,17,20,22H,11H2/b10-3+. The Morgan fingerprint density at radius 2 is 1.59 bits per heavy atom. The molecule has 2 aromatic carbocycles. The van der Waals surface area contributed by atoms with Gasteiger partial charge in [-0.15, -0.1) is 0 Å². The Kier molecular flexibility index (Phi) is 5.52. The van der Waals surface area contributed by atoms with E-state index in [1.54, 1.807) is 18.2 Å². The molecule has 0 aliphatic rings. The molecule has 2 rings (SSSR count). The zero-order valence-electron chi connectivity index (χ0n) is 11.7. The molecular weight excluding hydrogens is 288 g/mol. The summed E-state index contributed by atoms with van der Waals surface area (Å²) in [5.74, 6) is -0.951. The molecule has 0 radical (unpaired) electrons. The number of benzene rings is 2. The Bertz CT molecular complexity index is 651. The SMILES string of the molecule is O=C(/C=C/c1ccc(F)cc1)CC(NO)c1ccc(F)cc1. The highest BCUT2D eigenvalue weighted by Gasteiger charge is 2.13. The second-order valence-electron chi connectivity index (χ2n) is 4.79. The molecule has 3 nitrogen and oxygen atoms in total. The molecule has 0 fully saturated rings. The first-order chi connectivity index (χ1) is 10.6. The Morgan fingerprint density at radius 1 is 1.05 bits per heavy atom. The fourth-order valence-corrected chi connectivity index (χ4v) is 1.97. The van der Waals surface area contributed by atoms with Crippen LogP contribution in [0.4, 0.5) is 8.78 Å². The first kappa shape index (κ1) is 16.0. The molecule has 0 amide bonds. The summed E-state index contributed by atoms with van der Waals surface area (Å²) in [4.78, 5) is 11.9. The summed E-state index contributed by atoms with van der Waals surface area (Å²) in [5, 5.41) is 9.15. The van der Waals surface area contributed by atoms with E-state index in [4.69, 9.17) is 5.21 Å². The molecule has 1 atom stereocenters. The Balaban J connectivity index is 2.00. The molecule has 2 N–H and O–H groups in total. The summed E-state index contributed by atoms with van der Waals surface area (Å²) >= 11 is 0. The maximum absolute atomic E-state index is 12.9. The molecule has 114 valence electrons. The van der Waals surface area contributed by atoms with Crippen LogP contribution in [0, 0.1) is 11.6 Å². The van der Waals surface area contributed by atoms with Crippen LogP contribution in [0.2, 0.25) is 0 Å². The fraction of sp³-hybridized carbons (Fsp3) is 0.118. The van der Waals surface area contributed by atoms with Crippen molar-refractivity contribution in [3.63, 3.8) is 0 Å². The quantitative estimate of drug-likeness (QED) is 0.632. The molecular formula is C17H15F2NO2. The van der Waals surface area contributed by atoms with Crippen molar-refractivity contribution in [3.8, 4) is 0 Å². The van der Waals surface area contributed by atoms with Crippen molar-refractivity contribution in [3.05, 3.63) is 77.4 Å². The van der Waals surface area contributed by atoms with Gasteiger partial charge in [0.1, 0.15) is 11.6 Å². The number of hydroxylamine groups is 1. The lowest BCUT2D eigenvalue weighted by Crippen LogP contribution is -2.19. The van der Waals surface area contributed by atoms with E-state index in [1.165, 1.54) is 42.5 Å². The van der Waals surface area contributed by atoms with E-state index in [1.807, 2.05) is 5.48 Å². The molecule has 0 saturated heterocycles. The maximum atomic E-state index is 12.9. The van der Waals surface area contributed by atoms with Crippen LogP contribution in [0.3, 0.4) is 0 Å². The van der Waals surface area contributed by atoms with Crippen LogP contribution in [-0.4, -0.2) is 11.0 Å². The van der Waals surface area contributed by atoms with Gasteiger partial charge in [0.2, 0.25) is 0 Å². The van der Waals surface area contributed by atoms with E-state index < -0.39 is 6.04 Å². The van der Waals surface area contributed by atoms with Gasteiger partial charge in [-0.2, -0.15) is 5.48 Å². The lowest BCUT2D eigenvalue weighted by Gasteiger charge is -2.13. The zero-order valence-corrected chi connectivity index (χ0v) is 11.7. The average Bonchev–Trinajstić information content (AvgIpc) is 2.53. The summed E-state index contributed by atoms with van der Waals surface area (Å²) in [6, 6.07) is 10.6. The number of hydrogen-bond donors (Lipinski definition) is 2. The molecule has 0 saturated carbocycles. The highest BCUT2D eigenvalue weighted by atomic mass is 19.1. The minimum Gasteiger partial charge on any atom is -0.316 e. The second-order valence-corrected chi connectivity index (χ2v) is 4.79. The first-order valence-electron chi connectivity index (χ1n) is 6.70. The summed E-state index contributed by atoms with van der Waals surface area (Å²) in [6.45, 7) is 0. The largest absolute Gasteiger partial charge is 0.316 e. The van der Waals surface area contributed by atoms with Crippen molar-refractivity contribution in [2.75, 3.05) is 0 Å². The number of carbonyl (C=O) groups excluding carboxylic acids is 1. The molecule has 5 heteroatoms. The lowest BCUT2D eigenvalue weighted by molar-refractivity contribution is -0.115. The smallest absolute Gasteiger partial charge is 0.157 e. The van der Waals surface area contributed by atoms with Crippen molar-refractivity contribution in [1.29, 1.82) is 0 Å². The van der Waals surface area contributed by atoms with E-state index in [0.29, 0.717) is 11.1 Å². The monoisotopic (exact) mass is 303 g/mol. The lowest BCUT2D eigenvalue weighted by atomic mass is 10.0. The van der Waals surface area contributed by atoms with Crippen molar-refractivity contribution in [2.24, 2.45) is 0 Å². The minimum atomic E-state index is -0.619. The Hall–Kier alpha value is -2.37. The van der Waals surface area contributed by atoms with E-state index in [2.05, 4.69) is 0 Å². The number of ketones is 1. The van der Waals surface area contributed by atoms with Crippen LogP contribution >= 0.6 is 0 Å². The first-order valence-corrected chi connectivity index (χ1v) is 6.70. The van der Waals surface area contributed by atoms with Crippen LogP contribution in [0.25, 0.3) is 6.08 Å². The Morgan fingerprint density at radius 3 is 2.14 bits per heavy atom. The van der Waals surface area contributed by atoms with Gasteiger partial charge in [0.25, 0.3) is 0 Å². The van der Waals surface area contributed by atoms with Crippen LogP contribution in [0.5, 0.6) is 0 Å². The number of rotatable bonds is 6. The number of allylic oxidation sites excluding steroid dienone is 1. The molecule has 2 aromatic rings.